The summed E-state index contributed by atoms with van der Waals surface area (Å²) in [6.07, 6.45) is -0.483. The van der Waals surface area contributed by atoms with Crippen molar-refractivity contribution in [1.82, 2.24) is 9.78 Å². The molecule has 2 N–H and O–H groups in total. The molecule has 0 saturated heterocycles. The molecule has 21 heavy (non-hydrogen) atoms. The van der Waals surface area contributed by atoms with E-state index in [-0.39, 0.29) is 5.69 Å². The number of para-hydroxylation sites is 2. The molecule has 0 fully saturated rings. The Labute approximate surface area is 120 Å². The van der Waals surface area contributed by atoms with Crippen LogP contribution in [0.3, 0.4) is 0 Å². The van der Waals surface area contributed by atoms with Gasteiger partial charge in [0.15, 0.2) is 0 Å². The number of aromatic hydroxyl groups is 1. The number of rotatable bonds is 5. The van der Waals surface area contributed by atoms with Crippen LogP contribution in [0, 0.1) is 0 Å². The van der Waals surface area contributed by atoms with Crippen molar-refractivity contribution >= 4 is 5.97 Å². The van der Waals surface area contributed by atoms with E-state index < -0.39 is 23.7 Å². The third-order valence-electron chi connectivity index (χ3n) is 2.70. The maximum absolute atomic E-state index is 12.0. The zero-order valence-corrected chi connectivity index (χ0v) is 11.3. The highest BCUT2D eigenvalue weighted by Crippen LogP contribution is 2.21. The second-order valence-electron chi connectivity index (χ2n) is 4.20. The first-order valence-electron chi connectivity index (χ1n) is 6.29. The summed E-state index contributed by atoms with van der Waals surface area (Å²) in [6, 6.07) is 7.69. The molecule has 110 valence electrons. The molecule has 0 amide bonds. The minimum atomic E-state index is -1.15. The minimum absolute atomic E-state index is 0.0894. The molecule has 7 nitrogen and oxygen atoms in total. The van der Waals surface area contributed by atoms with E-state index >= 15 is 0 Å². The molecule has 0 aliphatic heterocycles. The Morgan fingerprint density at radius 1 is 1.38 bits per heavy atom. The highest BCUT2D eigenvalue weighted by molar-refractivity contribution is 5.70. The summed E-state index contributed by atoms with van der Waals surface area (Å²) in [4.78, 5) is 22.7. The molecule has 2 rings (SSSR count). The number of nitrogens with zero attached hydrogens (tertiary/aromatic N) is 2. The molecule has 0 saturated carbocycles. The Hall–Kier alpha value is -2.83. The van der Waals surface area contributed by atoms with Crippen LogP contribution in [-0.4, -0.2) is 32.6 Å². The van der Waals surface area contributed by atoms with E-state index in [2.05, 4.69) is 5.10 Å². The van der Waals surface area contributed by atoms with Crippen molar-refractivity contribution in [2.75, 3.05) is 6.61 Å². The largest absolute Gasteiger partial charge is 0.506 e. The van der Waals surface area contributed by atoms with Crippen molar-refractivity contribution in [2.24, 2.45) is 0 Å². The van der Waals surface area contributed by atoms with Gasteiger partial charge in [-0.1, -0.05) is 12.1 Å². The third kappa shape index (κ3) is 3.19. The fourth-order valence-corrected chi connectivity index (χ4v) is 1.83. The van der Waals surface area contributed by atoms with Gasteiger partial charge in [0.1, 0.15) is 22.9 Å². The molecule has 0 aliphatic carbocycles. The maximum atomic E-state index is 12.0. The first-order chi connectivity index (χ1) is 10.0. The number of carboxylic acids is 1. The average molecular weight is 290 g/mol. The lowest BCUT2D eigenvalue weighted by Crippen LogP contribution is -2.23. The molecular formula is C14H14N2O5. The second kappa shape index (κ2) is 6.08. The van der Waals surface area contributed by atoms with E-state index in [1.807, 2.05) is 0 Å². The Balaban J connectivity index is 2.58. The van der Waals surface area contributed by atoms with Crippen molar-refractivity contribution < 1.29 is 19.7 Å². The Kier molecular flexibility index (Phi) is 4.22. The predicted molar refractivity (Wildman–Crippen MR) is 74.0 cm³/mol. The smallest absolute Gasteiger partial charge is 0.309 e. The molecule has 2 aromatic rings. The molecule has 0 radical (unpaired) electrons. The van der Waals surface area contributed by atoms with E-state index in [4.69, 9.17) is 9.84 Å². The van der Waals surface area contributed by atoms with E-state index in [0.29, 0.717) is 18.0 Å². The molecule has 1 aromatic heterocycles. The summed E-state index contributed by atoms with van der Waals surface area (Å²) in [6.45, 7) is 2.21. The van der Waals surface area contributed by atoms with E-state index in [1.165, 1.54) is 0 Å². The number of aromatic nitrogens is 2. The lowest BCUT2D eigenvalue weighted by atomic mass is 10.2. The highest BCUT2D eigenvalue weighted by atomic mass is 16.5. The van der Waals surface area contributed by atoms with Crippen LogP contribution >= 0.6 is 0 Å². The normalized spacial score (nSPS) is 10.3. The molecule has 0 spiro atoms. The molecule has 0 bridgehead atoms. The van der Waals surface area contributed by atoms with E-state index in [0.717, 1.165) is 10.7 Å². The zero-order chi connectivity index (χ0) is 15.4. The first kappa shape index (κ1) is 14.6. The summed E-state index contributed by atoms with van der Waals surface area (Å²) in [5.41, 5.74) is -0.279. The molecule has 0 aliphatic rings. The number of carboxylic acid groups (broad SMARTS) is 1. The van der Waals surface area contributed by atoms with Crippen LogP contribution in [-0.2, 0) is 11.2 Å². The number of benzene rings is 1. The molecule has 7 heteroatoms. The van der Waals surface area contributed by atoms with Crippen molar-refractivity contribution in [3.63, 3.8) is 0 Å². The Morgan fingerprint density at radius 2 is 2.10 bits per heavy atom. The number of carbonyl (C=O) groups is 1. The average Bonchev–Trinajstić information content (AvgIpc) is 2.43. The summed E-state index contributed by atoms with van der Waals surface area (Å²) in [5.74, 6) is -1.14. The number of hydrogen-bond donors (Lipinski definition) is 2. The third-order valence-corrected chi connectivity index (χ3v) is 2.70. The lowest BCUT2D eigenvalue weighted by Gasteiger charge is -2.12. The van der Waals surface area contributed by atoms with Gasteiger partial charge in [-0.15, -0.1) is 0 Å². The van der Waals surface area contributed by atoms with Gasteiger partial charge < -0.3 is 14.9 Å². The molecule has 0 unspecified atom stereocenters. The zero-order valence-electron chi connectivity index (χ0n) is 11.3. The fourth-order valence-electron chi connectivity index (χ4n) is 1.83. The van der Waals surface area contributed by atoms with Crippen LogP contribution in [0.1, 0.15) is 12.6 Å². The second-order valence-corrected chi connectivity index (χ2v) is 4.20. The number of hydrogen-bond acceptors (Lipinski definition) is 5. The van der Waals surface area contributed by atoms with Gasteiger partial charge in [-0.25, -0.2) is 0 Å². The summed E-state index contributed by atoms with van der Waals surface area (Å²) in [7, 11) is 0. The fraction of sp³-hybridized carbons (Fsp3) is 0.214. The van der Waals surface area contributed by atoms with Crippen LogP contribution in [0.15, 0.2) is 35.1 Å². The maximum Gasteiger partial charge on any atom is 0.309 e. The van der Waals surface area contributed by atoms with E-state index in [9.17, 15) is 14.7 Å². The van der Waals surface area contributed by atoms with Gasteiger partial charge in [-0.3, -0.25) is 9.59 Å². The lowest BCUT2D eigenvalue weighted by molar-refractivity contribution is -0.136. The van der Waals surface area contributed by atoms with Crippen molar-refractivity contribution in [3.8, 4) is 17.2 Å². The van der Waals surface area contributed by atoms with Gasteiger partial charge in [-0.05, 0) is 19.1 Å². The SMILES string of the molecule is CCOc1ccccc1-n1nc(CC(=O)O)c(O)cc1=O. The first-order valence-corrected chi connectivity index (χ1v) is 6.29. The minimum Gasteiger partial charge on any atom is -0.506 e. The molecule has 1 aromatic carbocycles. The monoisotopic (exact) mass is 290 g/mol. The van der Waals surface area contributed by atoms with Gasteiger partial charge in [0, 0.05) is 6.07 Å². The van der Waals surface area contributed by atoms with Gasteiger partial charge in [0.25, 0.3) is 5.56 Å². The van der Waals surface area contributed by atoms with Crippen LogP contribution in [0.5, 0.6) is 11.5 Å². The summed E-state index contributed by atoms with van der Waals surface area (Å²) in [5, 5.41) is 22.3. The number of ether oxygens (including phenoxy) is 1. The predicted octanol–water partition coefficient (Wildman–Crippen LogP) is 0.964. The topological polar surface area (TPSA) is 102 Å². The quantitative estimate of drug-likeness (QED) is 0.850. The summed E-state index contributed by atoms with van der Waals surface area (Å²) >= 11 is 0. The van der Waals surface area contributed by atoms with Crippen LogP contribution in [0.2, 0.25) is 0 Å². The number of aliphatic carboxylic acids is 1. The van der Waals surface area contributed by atoms with Gasteiger partial charge in [0.05, 0.1) is 13.0 Å². The van der Waals surface area contributed by atoms with Gasteiger partial charge >= 0.3 is 5.97 Å². The van der Waals surface area contributed by atoms with Crippen molar-refractivity contribution in [3.05, 3.63) is 46.4 Å². The standard InChI is InChI=1S/C14H14N2O5/c1-2-21-12-6-4-3-5-10(12)16-13(18)8-11(17)9(15-16)7-14(19)20/h3-6,8,17H,2,7H2,1H3,(H,19,20). The van der Waals surface area contributed by atoms with Crippen LogP contribution in [0.25, 0.3) is 5.69 Å². The van der Waals surface area contributed by atoms with Crippen LogP contribution in [0.4, 0.5) is 0 Å². The molecule has 1 heterocycles. The van der Waals surface area contributed by atoms with E-state index in [1.54, 1.807) is 31.2 Å². The molecule has 0 atom stereocenters. The van der Waals surface area contributed by atoms with Crippen molar-refractivity contribution in [2.45, 2.75) is 13.3 Å². The van der Waals surface area contributed by atoms with Gasteiger partial charge in [-0.2, -0.15) is 9.78 Å². The highest BCUT2D eigenvalue weighted by Gasteiger charge is 2.14. The Morgan fingerprint density at radius 3 is 2.76 bits per heavy atom. The van der Waals surface area contributed by atoms with Gasteiger partial charge in [0.2, 0.25) is 0 Å². The molecular weight excluding hydrogens is 276 g/mol. The van der Waals surface area contributed by atoms with Crippen LogP contribution < -0.4 is 10.3 Å². The summed E-state index contributed by atoms with van der Waals surface area (Å²) < 4.78 is 6.44. The Bertz CT molecular complexity index is 724. The van der Waals surface area contributed by atoms with Crippen molar-refractivity contribution in [1.29, 1.82) is 0 Å².